The van der Waals surface area contributed by atoms with E-state index in [0.717, 1.165) is 29.8 Å². The van der Waals surface area contributed by atoms with Crippen molar-refractivity contribution in [2.24, 2.45) is 0 Å². The number of nitro benzene ring substituents is 1. The fourth-order valence-corrected chi connectivity index (χ4v) is 3.53. The van der Waals surface area contributed by atoms with Gasteiger partial charge in [0, 0.05) is 35.0 Å². The van der Waals surface area contributed by atoms with Crippen LogP contribution in [0.1, 0.15) is 22.9 Å². The van der Waals surface area contributed by atoms with Crippen LogP contribution in [-0.2, 0) is 6.42 Å². The van der Waals surface area contributed by atoms with Gasteiger partial charge in [0.1, 0.15) is 5.75 Å². The smallest absolute Gasteiger partial charge is 0.269 e. The Labute approximate surface area is 138 Å². The molecule has 3 aromatic rings. The molecule has 4 rings (SSSR count). The molecule has 6 nitrogen and oxygen atoms in total. The number of H-pyrrole nitrogens is 1. The van der Waals surface area contributed by atoms with Gasteiger partial charge in [0.25, 0.3) is 5.69 Å². The molecule has 1 aliphatic rings. The summed E-state index contributed by atoms with van der Waals surface area (Å²) in [6.07, 6.45) is 0.992. The van der Waals surface area contributed by atoms with Gasteiger partial charge in [0.15, 0.2) is 6.04 Å². The lowest BCUT2D eigenvalue weighted by Crippen LogP contribution is -2.87. The van der Waals surface area contributed by atoms with Crippen LogP contribution in [-0.4, -0.2) is 23.6 Å². The Bertz CT molecular complexity index is 915. The molecule has 1 aromatic heterocycles. The number of nitrogens with two attached hydrogens (primary N) is 1. The molecule has 2 aromatic carbocycles. The molecule has 0 aliphatic carbocycles. The van der Waals surface area contributed by atoms with Crippen molar-refractivity contribution in [2.75, 3.05) is 13.7 Å². The topological polar surface area (TPSA) is 84.8 Å². The van der Waals surface area contributed by atoms with E-state index in [-0.39, 0.29) is 16.7 Å². The number of hydrogen-bond donors (Lipinski definition) is 2. The van der Waals surface area contributed by atoms with E-state index in [1.54, 1.807) is 19.2 Å². The number of ether oxygens (including phenoxy) is 1. The SMILES string of the molecule is COc1ccc2[nH]c3c(c2c1)CC[NH2+][C@@H]3c1ccc([N+](=O)[O-])cc1. The molecular weight excluding hydrogens is 306 g/mol. The van der Waals surface area contributed by atoms with Crippen molar-refractivity contribution in [3.63, 3.8) is 0 Å². The van der Waals surface area contributed by atoms with Gasteiger partial charge >= 0.3 is 0 Å². The standard InChI is InChI=1S/C18H17N3O3/c1-24-13-6-7-16-15(10-13)14-8-9-19-17(18(14)20-16)11-2-4-12(5-3-11)21(22)23/h2-7,10,17,19-20H,8-9H2,1H3/p+1/t17-/m1/s1. The number of fused-ring (bicyclic) bond motifs is 3. The maximum Gasteiger partial charge on any atom is 0.269 e. The van der Waals surface area contributed by atoms with Crippen LogP contribution in [0.15, 0.2) is 42.5 Å². The highest BCUT2D eigenvalue weighted by atomic mass is 16.6. The summed E-state index contributed by atoms with van der Waals surface area (Å²) in [7, 11) is 1.67. The summed E-state index contributed by atoms with van der Waals surface area (Å²) in [5, 5.41) is 14.3. The first-order chi connectivity index (χ1) is 11.7. The summed E-state index contributed by atoms with van der Waals surface area (Å²) < 4.78 is 5.34. The molecule has 1 atom stereocenters. The number of nitrogens with zero attached hydrogens (tertiary/aromatic N) is 1. The number of quaternary nitrogens is 1. The van der Waals surface area contributed by atoms with Gasteiger partial charge in [-0.2, -0.15) is 0 Å². The van der Waals surface area contributed by atoms with Crippen molar-refractivity contribution < 1.29 is 15.0 Å². The average molecular weight is 324 g/mol. The quantitative estimate of drug-likeness (QED) is 0.572. The second kappa shape index (κ2) is 5.65. The lowest BCUT2D eigenvalue weighted by molar-refractivity contribution is -0.690. The Hall–Kier alpha value is -2.86. The van der Waals surface area contributed by atoms with Gasteiger partial charge in [-0.05, 0) is 35.9 Å². The highest BCUT2D eigenvalue weighted by Crippen LogP contribution is 2.33. The van der Waals surface area contributed by atoms with Crippen LogP contribution in [0, 0.1) is 10.1 Å². The predicted molar refractivity (Wildman–Crippen MR) is 90.3 cm³/mol. The summed E-state index contributed by atoms with van der Waals surface area (Å²) in [5.74, 6) is 0.853. The zero-order valence-corrected chi connectivity index (χ0v) is 13.3. The van der Waals surface area contributed by atoms with Crippen LogP contribution >= 0.6 is 0 Å². The molecule has 2 heterocycles. The van der Waals surface area contributed by atoms with Crippen LogP contribution in [0.5, 0.6) is 5.75 Å². The van der Waals surface area contributed by atoms with Crippen molar-refractivity contribution >= 4 is 16.6 Å². The molecule has 0 saturated carbocycles. The third-order valence-corrected chi connectivity index (χ3v) is 4.72. The molecule has 6 heteroatoms. The number of methoxy groups -OCH3 is 1. The maximum absolute atomic E-state index is 10.8. The summed E-state index contributed by atoms with van der Waals surface area (Å²) >= 11 is 0. The van der Waals surface area contributed by atoms with E-state index in [9.17, 15) is 10.1 Å². The lowest BCUT2D eigenvalue weighted by atomic mass is 9.94. The summed E-state index contributed by atoms with van der Waals surface area (Å²) in [6, 6.07) is 13.0. The highest BCUT2D eigenvalue weighted by Gasteiger charge is 2.29. The molecule has 0 saturated heterocycles. The van der Waals surface area contributed by atoms with Gasteiger partial charge < -0.3 is 15.0 Å². The molecule has 0 amide bonds. The Morgan fingerprint density at radius 3 is 2.75 bits per heavy atom. The number of aromatic amines is 1. The monoisotopic (exact) mass is 324 g/mol. The molecule has 24 heavy (non-hydrogen) atoms. The van der Waals surface area contributed by atoms with E-state index in [4.69, 9.17) is 4.74 Å². The maximum atomic E-state index is 10.8. The highest BCUT2D eigenvalue weighted by molar-refractivity contribution is 5.86. The number of non-ortho nitro benzene ring substituents is 1. The summed E-state index contributed by atoms with van der Waals surface area (Å²) in [6.45, 7) is 0.985. The average Bonchev–Trinajstić information content (AvgIpc) is 2.99. The largest absolute Gasteiger partial charge is 0.497 e. The normalized spacial score (nSPS) is 16.8. The molecule has 122 valence electrons. The Morgan fingerprint density at radius 1 is 1.25 bits per heavy atom. The van der Waals surface area contributed by atoms with E-state index in [1.165, 1.54) is 16.6 Å². The number of benzene rings is 2. The van der Waals surface area contributed by atoms with Gasteiger partial charge in [-0.3, -0.25) is 10.1 Å². The second-order valence-electron chi connectivity index (χ2n) is 6.03. The zero-order valence-electron chi connectivity index (χ0n) is 13.3. The van der Waals surface area contributed by atoms with Gasteiger partial charge in [0.05, 0.1) is 24.3 Å². The Balaban J connectivity index is 1.79. The van der Waals surface area contributed by atoms with E-state index in [2.05, 4.69) is 16.4 Å². The first-order valence-corrected chi connectivity index (χ1v) is 7.93. The van der Waals surface area contributed by atoms with E-state index in [1.807, 2.05) is 24.3 Å². The van der Waals surface area contributed by atoms with Crippen LogP contribution < -0.4 is 10.1 Å². The molecular formula is C18H18N3O3+. The first-order valence-electron chi connectivity index (χ1n) is 7.93. The van der Waals surface area contributed by atoms with Crippen molar-refractivity contribution in [1.29, 1.82) is 0 Å². The molecule has 0 bridgehead atoms. The third-order valence-electron chi connectivity index (χ3n) is 4.72. The first kappa shape index (κ1) is 14.7. The molecule has 0 spiro atoms. The minimum Gasteiger partial charge on any atom is -0.497 e. The van der Waals surface area contributed by atoms with Gasteiger partial charge in [0.2, 0.25) is 0 Å². The van der Waals surface area contributed by atoms with E-state index in [0.29, 0.717) is 0 Å². The fraction of sp³-hybridized carbons (Fsp3) is 0.222. The molecule has 0 unspecified atom stereocenters. The van der Waals surface area contributed by atoms with Crippen molar-refractivity contribution in [1.82, 2.24) is 4.98 Å². The summed E-state index contributed by atoms with van der Waals surface area (Å²) in [4.78, 5) is 14.0. The van der Waals surface area contributed by atoms with Crippen LogP contribution in [0.2, 0.25) is 0 Å². The van der Waals surface area contributed by atoms with Crippen LogP contribution in [0.25, 0.3) is 10.9 Å². The Morgan fingerprint density at radius 2 is 2.04 bits per heavy atom. The van der Waals surface area contributed by atoms with Crippen molar-refractivity contribution in [3.05, 3.63) is 69.4 Å². The Kier molecular flexibility index (Phi) is 3.46. The van der Waals surface area contributed by atoms with Gasteiger partial charge in [-0.1, -0.05) is 0 Å². The van der Waals surface area contributed by atoms with Crippen molar-refractivity contribution in [3.8, 4) is 5.75 Å². The summed E-state index contributed by atoms with van der Waals surface area (Å²) in [5.41, 5.74) is 4.78. The minimum absolute atomic E-state index is 0.121. The molecule has 1 aliphatic heterocycles. The molecule has 0 radical (unpaired) electrons. The number of nitro groups is 1. The zero-order chi connectivity index (χ0) is 16.7. The van der Waals surface area contributed by atoms with Crippen molar-refractivity contribution in [2.45, 2.75) is 12.5 Å². The third kappa shape index (κ3) is 2.32. The van der Waals surface area contributed by atoms with Gasteiger partial charge in [-0.15, -0.1) is 0 Å². The fourth-order valence-electron chi connectivity index (χ4n) is 3.53. The predicted octanol–water partition coefficient (Wildman–Crippen LogP) is 2.29. The van der Waals surface area contributed by atoms with E-state index >= 15 is 0 Å². The molecule has 0 fully saturated rings. The van der Waals surface area contributed by atoms with Gasteiger partial charge in [-0.25, -0.2) is 0 Å². The number of nitrogens with one attached hydrogen (secondary N) is 1. The second-order valence-corrected chi connectivity index (χ2v) is 6.03. The van der Waals surface area contributed by atoms with E-state index < -0.39 is 0 Å². The van der Waals surface area contributed by atoms with Crippen LogP contribution in [0.3, 0.4) is 0 Å². The number of rotatable bonds is 3. The number of hydrogen-bond acceptors (Lipinski definition) is 3. The molecule has 3 N–H and O–H groups in total. The minimum atomic E-state index is -0.366. The number of aromatic nitrogens is 1. The van der Waals surface area contributed by atoms with Crippen LogP contribution in [0.4, 0.5) is 5.69 Å². The lowest BCUT2D eigenvalue weighted by Gasteiger charge is -2.21.